The Hall–Kier alpha value is -2.04. The Morgan fingerprint density at radius 1 is 1.40 bits per heavy atom. The summed E-state index contributed by atoms with van der Waals surface area (Å²) in [7, 11) is 3.04. The third-order valence-electron chi connectivity index (χ3n) is 3.48. The molecule has 1 unspecified atom stereocenters. The molecule has 108 valence electrons. The Morgan fingerprint density at radius 3 is 2.90 bits per heavy atom. The number of ether oxygens (including phenoxy) is 2. The van der Waals surface area contributed by atoms with Gasteiger partial charge in [-0.2, -0.15) is 0 Å². The maximum absolute atomic E-state index is 12.3. The van der Waals surface area contributed by atoms with E-state index in [2.05, 4.69) is 4.74 Å². The van der Waals surface area contributed by atoms with Crippen molar-refractivity contribution in [3.05, 3.63) is 29.8 Å². The summed E-state index contributed by atoms with van der Waals surface area (Å²) in [5.74, 6) is 0.361. The first kappa shape index (κ1) is 14.4. The van der Waals surface area contributed by atoms with Crippen LogP contribution in [0.15, 0.2) is 24.3 Å². The van der Waals surface area contributed by atoms with Gasteiger partial charge < -0.3 is 14.4 Å². The van der Waals surface area contributed by atoms with Gasteiger partial charge >= 0.3 is 5.97 Å². The molecule has 0 spiro atoms. The summed E-state index contributed by atoms with van der Waals surface area (Å²) in [6.07, 6.45) is 0.889. The number of hydrogen-bond donors (Lipinski definition) is 0. The van der Waals surface area contributed by atoms with E-state index in [0.717, 1.165) is 11.3 Å². The van der Waals surface area contributed by atoms with Gasteiger partial charge in [0.25, 0.3) is 0 Å². The Bertz CT molecular complexity index is 500. The first-order valence-corrected chi connectivity index (χ1v) is 6.64. The highest BCUT2D eigenvalue weighted by Gasteiger charge is 2.28. The smallest absolute Gasteiger partial charge is 0.307 e. The van der Waals surface area contributed by atoms with Gasteiger partial charge in [-0.1, -0.05) is 18.2 Å². The van der Waals surface area contributed by atoms with Crippen molar-refractivity contribution in [3.8, 4) is 5.75 Å². The zero-order valence-corrected chi connectivity index (χ0v) is 11.8. The number of para-hydroxylation sites is 1. The van der Waals surface area contributed by atoms with Crippen LogP contribution in [0.5, 0.6) is 5.75 Å². The van der Waals surface area contributed by atoms with Crippen LogP contribution >= 0.6 is 0 Å². The van der Waals surface area contributed by atoms with E-state index < -0.39 is 0 Å². The maximum atomic E-state index is 12.3. The van der Waals surface area contributed by atoms with Crippen molar-refractivity contribution >= 4 is 11.9 Å². The molecule has 1 aliphatic rings. The van der Waals surface area contributed by atoms with Gasteiger partial charge in [0, 0.05) is 13.6 Å². The molecule has 0 aliphatic carbocycles. The molecule has 0 saturated carbocycles. The molecule has 1 heterocycles. The van der Waals surface area contributed by atoms with Gasteiger partial charge in [0.15, 0.2) is 0 Å². The molecule has 0 radical (unpaired) electrons. The highest BCUT2D eigenvalue weighted by molar-refractivity contribution is 5.80. The van der Waals surface area contributed by atoms with Crippen molar-refractivity contribution in [3.63, 3.8) is 0 Å². The minimum absolute atomic E-state index is 0.00315. The Morgan fingerprint density at radius 2 is 2.15 bits per heavy atom. The minimum Gasteiger partial charge on any atom is -0.492 e. The second-order valence-electron chi connectivity index (χ2n) is 4.91. The van der Waals surface area contributed by atoms with Crippen molar-refractivity contribution in [2.45, 2.75) is 12.8 Å². The number of methoxy groups -OCH3 is 1. The van der Waals surface area contributed by atoms with Crippen LogP contribution in [0.1, 0.15) is 12.0 Å². The normalized spacial score (nSPS) is 16.8. The maximum Gasteiger partial charge on any atom is 0.307 e. The summed E-state index contributed by atoms with van der Waals surface area (Å²) < 4.78 is 10.2. The van der Waals surface area contributed by atoms with Crippen molar-refractivity contribution in [2.24, 2.45) is 5.92 Å². The number of rotatable bonds is 4. The summed E-state index contributed by atoms with van der Waals surface area (Å²) in [6, 6.07) is 7.75. The van der Waals surface area contributed by atoms with Gasteiger partial charge in [-0.15, -0.1) is 0 Å². The Labute approximate surface area is 118 Å². The number of fused-ring (bicyclic) bond motifs is 1. The van der Waals surface area contributed by atoms with Crippen molar-refractivity contribution in [1.82, 2.24) is 4.90 Å². The quantitative estimate of drug-likeness (QED) is 0.777. The molecule has 0 bridgehead atoms. The Balaban J connectivity index is 1.92. The van der Waals surface area contributed by atoms with Gasteiger partial charge in [-0.05, 0) is 18.1 Å². The average molecular weight is 277 g/mol. The lowest BCUT2D eigenvalue weighted by Gasteiger charge is -2.28. The fourth-order valence-corrected chi connectivity index (χ4v) is 2.27. The SMILES string of the molecule is COC(=O)CCN(C)C(=O)C1COc2ccccc2C1. The van der Waals surface area contributed by atoms with E-state index in [1.165, 1.54) is 7.11 Å². The van der Waals surface area contributed by atoms with E-state index in [9.17, 15) is 9.59 Å². The van der Waals surface area contributed by atoms with Gasteiger partial charge in [0.2, 0.25) is 5.91 Å². The topological polar surface area (TPSA) is 55.8 Å². The van der Waals surface area contributed by atoms with Crippen molar-refractivity contribution < 1.29 is 19.1 Å². The van der Waals surface area contributed by atoms with Crippen LogP contribution in [0.25, 0.3) is 0 Å². The third kappa shape index (κ3) is 3.29. The van der Waals surface area contributed by atoms with Gasteiger partial charge in [-0.25, -0.2) is 0 Å². The molecule has 0 N–H and O–H groups in total. The zero-order chi connectivity index (χ0) is 14.5. The summed E-state index contributed by atoms with van der Waals surface area (Å²) in [6.45, 7) is 0.752. The fraction of sp³-hybridized carbons (Fsp3) is 0.467. The van der Waals surface area contributed by atoms with E-state index in [0.29, 0.717) is 19.6 Å². The molecule has 0 aromatic heterocycles. The van der Waals surface area contributed by atoms with Gasteiger partial charge in [0.1, 0.15) is 12.4 Å². The number of nitrogens with zero attached hydrogens (tertiary/aromatic N) is 1. The lowest BCUT2D eigenvalue weighted by atomic mass is 9.95. The number of amides is 1. The van der Waals surface area contributed by atoms with Gasteiger partial charge in [0.05, 0.1) is 19.4 Å². The van der Waals surface area contributed by atoms with Crippen LogP contribution in [-0.2, 0) is 20.7 Å². The summed E-state index contributed by atoms with van der Waals surface area (Å²) in [5, 5.41) is 0. The predicted molar refractivity (Wildman–Crippen MR) is 73.4 cm³/mol. The van der Waals surface area contributed by atoms with Crippen LogP contribution in [0, 0.1) is 5.92 Å². The third-order valence-corrected chi connectivity index (χ3v) is 3.48. The van der Waals surface area contributed by atoms with E-state index >= 15 is 0 Å². The van der Waals surface area contributed by atoms with Gasteiger partial charge in [-0.3, -0.25) is 9.59 Å². The van der Waals surface area contributed by atoms with Crippen molar-refractivity contribution in [2.75, 3.05) is 27.3 Å². The highest BCUT2D eigenvalue weighted by atomic mass is 16.5. The van der Waals surface area contributed by atoms with E-state index in [4.69, 9.17) is 4.74 Å². The average Bonchev–Trinajstić information content (AvgIpc) is 2.50. The van der Waals surface area contributed by atoms with Crippen LogP contribution in [0.2, 0.25) is 0 Å². The van der Waals surface area contributed by atoms with Crippen LogP contribution in [0.3, 0.4) is 0 Å². The monoisotopic (exact) mass is 277 g/mol. The Kier molecular flexibility index (Phi) is 4.61. The molecule has 1 amide bonds. The fourth-order valence-electron chi connectivity index (χ4n) is 2.27. The number of hydrogen-bond acceptors (Lipinski definition) is 4. The molecule has 0 fully saturated rings. The second kappa shape index (κ2) is 6.41. The zero-order valence-electron chi connectivity index (χ0n) is 11.8. The summed E-state index contributed by atoms with van der Waals surface area (Å²) in [5.41, 5.74) is 1.05. The first-order chi connectivity index (χ1) is 9.61. The summed E-state index contributed by atoms with van der Waals surface area (Å²) in [4.78, 5) is 25.0. The van der Waals surface area contributed by atoms with E-state index in [-0.39, 0.29) is 24.2 Å². The summed E-state index contributed by atoms with van der Waals surface area (Å²) >= 11 is 0. The first-order valence-electron chi connectivity index (χ1n) is 6.64. The minimum atomic E-state index is -0.310. The second-order valence-corrected chi connectivity index (χ2v) is 4.91. The molecule has 2 rings (SSSR count). The number of carbonyl (C=O) groups is 2. The molecule has 5 nitrogen and oxygen atoms in total. The molecular formula is C15H19NO4. The molecule has 1 aromatic rings. The van der Waals surface area contributed by atoms with Crippen LogP contribution in [-0.4, -0.2) is 44.1 Å². The highest BCUT2D eigenvalue weighted by Crippen LogP contribution is 2.27. The van der Waals surface area contributed by atoms with Crippen LogP contribution < -0.4 is 4.74 Å². The standard InChI is InChI=1S/C15H19NO4/c1-16(8-7-14(17)19-2)15(18)12-9-11-5-3-4-6-13(11)20-10-12/h3-6,12H,7-10H2,1-2H3. The molecule has 1 aliphatic heterocycles. The molecule has 1 aromatic carbocycles. The number of benzene rings is 1. The van der Waals surface area contributed by atoms with E-state index in [1.807, 2.05) is 24.3 Å². The lowest BCUT2D eigenvalue weighted by Crippen LogP contribution is -2.39. The molecule has 20 heavy (non-hydrogen) atoms. The van der Waals surface area contributed by atoms with E-state index in [1.54, 1.807) is 11.9 Å². The predicted octanol–water partition coefficient (Wildman–Crippen LogP) is 1.26. The molecular weight excluding hydrogens is 258 g/mol. The molecule has 0 saturated heterocycles. The molecule has 1 atom stereocenters. The largest absolute Gasteiger partial charge is 0.492 e. The molecule has 5 heteroatoms. The van der Waals surface area contributed by atoms with Crippen molar-refractivity contribution in [1.29, 1.82) is 0 Å². The number of carbonyl (C=O) groups excluding carboxylic acids is 2. The lowest BCUT2D eigenvalue weighted by molar-refractivity contribution is -0.142. The van der Waals surface area contributed by atoms with Crippen LogP contribution in [0.4, 0.5) is 0 Å². The number of esters is 1.